The van der Waals surface area contributed by atoms with Crippen LogP contribution in [0, 0.1) is 47.3 Å². The van der Waals surface area contributed by atoms with E-state index in [2.05, 4.69) is 341 Å². The Bertz CT molecular complexity index is 6380. The van der Waals surface area contributed by atoms with Gasteiger partial charge in [-0.1, -0.05) is 323 Å². The number of hydrogen-bond donors (Lipinski definition) is 0. The minimum absolute atomic E-state index is 0.0474. The van der Waals surface area contributed by atoms with Gasteiger partial charge in [0.25, 0.3) is 0 Å². The zero-order chi connectivity index (χ0) is 73.0. The molecule has 8 bridgehead atoms. The smallest absolute Gasteiger partial charge is 0.0272 e. The Morgan fingerprint density at radius 2 is 0.450 bits per heavy atom. The van der Waals surface area contributed by atoms with Crippen molar-refractivity contribution in [2.24, 2.45) is 47.3 Å². The van der Waals surface area contributed by atoms with Crippen molar-refractivity contribution in [3.8, 4) is 111 Å². The summed E-state index contributed by atoms with van der Waals surface area (Å²) in [6.45, 7) is 4.76. The molecule has 27 rings (SSSR count). The molecule has 11 aliphatic rings. The summed E-state index contributed by atoms with van der Waals surface area (Å²) in [5, 5.41) is 10.4. The molecule has 16 aromatic rings. The molecule has 0 heterocycles. The second-order valence-electron chi connectivity index (χ2n) is 35.6. The fourth-order valence-corrected chi connectivity index (χ4v) is 26.2. The van der Waals surface area contributed by atoms with Gasteiger partial charge in [0.15, 0.2) is 0 Å². The lowest BCUT2D eigenvalue weighted by Gasteiger charge is -2.61. The summed E-state index contributed by atoms with van der Waals surface area (Å²) >= 11 is 0. The fraction of sp³-hybridized carbons (Fsp3) is 0.207. The SMILES string of the molecule is CC1(C)c2ccccc2-c2ccc(-c3c4ccccc4c(-c4ccc(-c5ccc6c(c5)C5(c7ccccc7-6)C6CC7CC(C6)CC5C7)cc4)c4ccccc34)cc21.c1ccc(-c2ccccc2-c2c3ccccc3c(-c3ccc(-c4ccc5c(c4)C4(c6ccccc6-5)C5CC6CC(C5)CC4C6)cc3)c3ccccc23)cc1. The van der Waals surface area contributed by atoms with Gasteiger partial charge in [0, 0.05) is 16.2 Å². The Kier molecular flexibility index (Phi) is 14.1. The minimum atomic E-state index is -0.0474. The molecular weight excluding hydrogens is 1330 g/mol. The van der Waals surface area contributed by atoms with Crippen LogP contribution in [0.4, 0.5) is 0 Å². The zero-order valence-electron chi connectivity index (χ0n) is 63.4. The van der Waals surface area contributed by atoms with E-state index in [1.54, 1.807) is 22.3 Å². The first-order valence-electron chi connectivity index (χ1n) is 41.7. The summed E-state index contributed by atoms with van der Waals surface area (Å²) in [6.07, 6.45) is 14.3. The van der Waals surface area contributed by atoms with Crippen LogP contribution in [-0.2, 0) is 16.2 Å². The number of fused-ring (bicyclic) bond motifs is 13. The molecule has 0 aliphatic heterocycles. The highest BCUT2D eigenvalue weighted by Gasteiger charge is 2.63. The van der Waals surface area contributed by atoms with E-state index < -0.39 is 0 Å². The predicted octanol–water partition coefficient (Wildman–Crippen LogP) is 29.4. The van der Waals surface area contributed by atoms with Crippen LogP contribution in [0.15, 0.2) is 328 Å². The molecule has 0 N–H and O–H groups in total. The quantitative estimate of drug-likeness (QED) is 0.140. The van der Waals surface area contributed by atoms with Crippen LogP contribution >= 0.6 is 0 Å². The Morgan fingerprint density at radius 1 is 0.180 bits per heavy atom. The van der Waals surface area contributed by atoms with Crippen LogP contribution in [0.25, 0.3) is 154 Å². The van der Waals surface area contributed by atoms with Crippen molar-refractivity contribution in [1.82, 2.24) is 0 Å². The molecule has 0 atom stereocenters. The van der Waals surface area contributed by atoms with E-state index in [9.17, 15) is 0 Å². The molecule has 0 amide bonds. The molecule has 0 heteroatoms. The zero-order valence-corrected chi connectivity index (χ0v) is 63.4. The third kappa shape index (κ3) is 9.23. The molecule has 532 valence electrons. The lowest BCUT2D eigenvalue weighted by Crippen LogP contribution is -2.55. The monoisotopic (exact) mass is 1420 g/mol. The standard InChI is InChI=1S/C57H46.C54H42/c1-56(2)50-17-9-7-11-42(50)44-26-24-39(33-52(44)56)55-48-15-5-3-13-46(48)54(47-14-4-6-16-49(47)55)37-21-19-36(20-22-37)38-23-25-45-43-12-8-10-18-51(43)57(53(45)32-38)40-28-34-27-35(30-40)31-41(57)29-34;1-2-12-37(13-3-1)42-14-4-5-16-45(42)53-48-19-8-6-17-46(48)52(47-18-7-9-20-49(47)53)38-24-22-36(23-25-38)39-26-27-44-43-15-10-11-21-50(43)54(51(44)33-39)40-29-34-28-35(31-40)32-41(54)30-34/h3-26,32-35,40-41H,27-31H2,1-2H3;1-27,33-35,40-41H,28-32H2. The molecule has 0 nitrogen and oxygen atoms in total. The van der Waals surface area contributed by atoms with Crippen molar-refractivity contribution >= 4 is 43.1 Å². The second kappa shape index (κ2) is 24.3. The Balaban J connectivity index is 0.000000130. The van der Waals surface area contributed by atoms with Crippen LogP contribution in [0.3, 0.4) is 0 Å². The molecule has 0 aromatic heterocycles. The van der Waals surface area contributed by atoms with Gasteiger partial charge in [-0.15, -0.1) is 0 Å². The molecular formula is C111H88. The number of hydrogen-bond acceptors (Lipinski definition) is 0. The average Bonchev–Trinajstić information content (AvgIpc) is 1.55. The molecule has 0 radical (unpaired) electrons. The second-order valence-corrected chi connectivity index (χ2v) is 35.6. The largest absolute Gasteiger partial charge is 0.0622 e. The summed E-state index contributed by atoms with van der Waals surface area (Å²) in [5.41, 5.74) is 36.6. The van der Waals surface area contributed by atoms with Gasteiger partial charge in [-0.05, 0) is 317 Å². The summed E-state index contributed by atoms with van der Waals surface area (Å²) in [6, 6.07) is 125. The van der Waals surface area contributed by atoms with E-state index in [4.69, 9.17) is 0 Å². The maximum Gasteiger partial charge on any atom is 0.0272 e. The summed E-state index contributed by atoms with van der Waals surface area (Å²) in [5.74, 6) is 6.90. The van der Waals surface area contributed by atoms with Crippen LogP contribution in [0.1, 0.15) is 111 Å². The van der Waals surface area contributed by atoms with E-state index in [1.165, 1.54) is 230 Å². The highest BCUT2D eigenvalue weighted by atomic mass is 14.7. The van der Waals surface area contributed by atoms with Gasteiger partial charge in [-0.2, -0.15) is 0 Å². The first-order valence-corrected chi connectivity index (χ1v) is 41.7. The van der Waals surface area contributed by atoms with E-state index in [1.807, 2.05) is 0 Å². The predicted molar refractivity (Wildman–Crippen MR) is 465 cm³/mol. The first-order chi connectivity index (χ1) is 54.7. The summed E-state index contributed by atoms with van der Waals surface area (Å²) in [7, 11) is 0. The van der Waals surface area contributed by atoms with E-state index in [0.717, 1.165) is 47.3 Å². The third-order valence-corrected chi connectivity index (χ3v) is 30.1. The summed E-state index contributed by atoms with van der Waals surface area (Å²) < 4.78 is 0. The molecule has 0 saturated heterocycles. The van der Waals surface area contributed by atoms with Crippen molar-refractivity contribution < 1.29 is 0 Å². The number of benzene rings is 16. The highest BCUT2D eigenvalue weighted by Crippen LogP contribution is 2.72. The maximum absolute atomic E-state index is 2.63. The van der Waals surface area contributed by atoms with Gasteiger partial charge in [-0.25, -0.2) is 0 Å². The van der Waals surface area contributed by atoms with Crippen LogP contribution in [-0.4, -0.2) is 0 Å². The van der Waals surface area contributed by atoms with Crippen molar-refractivity contribution in [1.29, 1.82) is 0 Å². The number of rotatable bonds is 7. The van der Waals surface area contributed by atoms with Crippen molar-refractivity contribution in [3.63, 3.8) is 0 Å². The van der Waals surface area contributed by atoms with Crippen LogP contribution in [0.5, 0.6) is 0 Å². The minimum Gasteiger partial charge on any atom is -0.0622 e. The van der Waals surface area contributed by atoms with Gasteiger partial charge in [0.05, 0.1) is 0 Å². The Hall–Kier alpha value is -11.4. The molecule has 8 fully saturated rings. The van der Waals surface area contributed by atoms with E-state index >= 15 is 0 Å². The summed E-state index contributed by atoms with van der Waals surface area (Å²) in [4.78, 5) is 0. The maximum atomic E-state index is 2.63. The topological polar surface area (TPSA) is 0 Å². The lowest BCUT2D eigenvalue weighted by molar-refractivity contribution is -0.0399. The lowest BCUT2D eigenvalue weighted by atomic mass is 9.43. The Labute approximate surface area is 652 Å². The normalized spacial score (nSPS) is 23.7. The molecule has 111 heavy (non-hydrogen) atoms. The molecule has 11 aliphatic carbocycles. The molecule has 0 unspecified atom stereocenters. The molecule has 8 saturated carbocycles. The Morgan fingerprint density at radius 3 is 0.856 bits per heavy atom. The first kappa shape index (κ1) is 64.4. The van der Waals surface area contributed by atoms with E-state index in [0.29, 0.717) is 0 Å². The molecule has 16 aromatic carbocycles. The fourth-order valence-electron chi connectivity index (χ4n) is 26.2. The average molecular weight is 1420 g/mol. The van der Waals surface area contributed by atoms with Gasteiger partial charge in [0.1, 0.15) is 0 Å². The van der Waals surface area contributed by atoms with Crippen molar-refractivity contribution in [2.75, 3.05) is 0 Å². The van der Waals surface area contributed by atoms with Gasteiger partial charge in [-0.3, -0.25) is 0 Å². The van der Waals surface area contributed by atoms with Gasteiger partial charge < -0.3 is 0 Å². The van der Waals surface area contributed by atoms with Crippen molar-refractivity contribution in [3.05, 3.63) is 361 Å². The van der Waals surface area contributed by atoms with Crippen molar-refractivity contribution in [2.45, 2.75) is 94.3 Å². The molecule has 2 spiro atoms. The van der Waals surface area contributed by atoms with E-state index in [-0.39, 0.29) is 16.2 Å². The van der Waals surface area contributed by atoms with Gasteiger partial charge in [0.2, 0.25) is 0 Å². The third-order valence-electron chi connectivity index (χ3n) is 30.1. The van der Waals surface area contributed by atoms with Crippen LogP contribution < -0.4 is 0 Å². The van der Waals surface area contributed by atoms with Gasteiger partial charge >= 0.3 is 0 Å². The highest BCUT2D eigenvalue weighted by molar-refractivity contribution is 6.23. The van der Waals surface area contributed by atoms with Crippen LogP contribution in [0.2, 0.25) is 0 Å².